The van der Waals surface area contributed by atoms with Crippen molar-refractivity contribution in [1.82, 2.24) is 0 Å². The number of fused-ring (bicyclic) bond motifs is 2. The summed E-state index contributed by atoms with van der Waals surface area (Å²) in [6.07, 6.45) is 0. The molecule has 0 saturated heterocycles. The summed E-state index contributed by atoms with van der Waals surface area (Å²) >= 11 is 3.21. The van der Waals surface area contributed by atoms with Gasteiger partial charge < -0.3 is 9.47 Å². The third-order valence-electron chi connectivity index (χ3n) is 1.92. The molecule has 1 aromatic carbocycles. The Bertz CT molecular complexity index is 391. The van der Waals surface area contributed by atoms with Gasteiger partial charge in [-0.05, 0) is 18.2 Å². The smallest absolute Gasteiger partial charge is 0.338 e. The average Bonchev–Trinajstić information content (AvgIpc) is 2.25. The lowest BCUT2D eigenvalue weighted by Crippen LogP contribution is -2.10. The number of carbonyl (C=O) groups is 2. The van der Waals surface area contributed by atoms with E-state index in [1.54, 1.807) is 12.1 Å². The first-order chi connectivity index (χ1) is 7.16. The maximum absolute atomic E-state index is 11.4. The highest BCUT2D eigenvalue weighted by molar-refractivity contribution is 9.10. The van der Waals surface area contributed by atoms with Crippen LogP contribution in [0.4, 0.5) is 0 Å². The first kappa shape index (κ1) is 10.2. The number of hydrogen-bond donors (Lipinski definition) is 0. The molecule has 2 rings (SSSR count). The Labute approximate surface area is 94.3 Å². The molecule has 2 bridgehead atoms. The van der Waals surface area contributed by atoms with E-state index in [0.29, 0.717) is 15.6 Å². The summed E-state index contributed by atoms with van der Waals surface area (Å²) in [5.74, 6) is -0.897. The van der Waals surface area contributed by atoms with E-state index in [0.717, 1.165) is 0 Å². The summed E-state index contributed by atoms with van der Waals surface area (Å²) in [6.45, 7) is 0.168. The number of rotatable bonds is 0. The van der Waals surface area contributed by atoms with Gasteiger partial charge in [0, 0.05) is 4.47 Å². The summed E-state index contributed by atoms with van der Waals surface area (Å²) in [4.78, 5) is 22.9. The van der Waals surface area contributed by atoms with Gasteiger partial charge in [0.2, 0.25) is 0 Å². The van der Waals surface area contributed by atoms with E-state index in [2.05, 4.69) is 15.9 Å². The second-order valence-electron chi connectivity index (χ2n) is 3.00. The van der Waals surface area contributed by atoms with Crippen LogP contribution >= 0.6 is 15.9 Å². The molecule has 1 aliphatic rings. The summed E-state index contributed by atoms with van der Waals surface area (Å²) in [5, 5.41) is 0. The summed E-state index contributed by atoms with van der Waals surface area (Å²) in [6, 6.07) is 4.66. The first-order valence-electron chi connectivity index (χ1n) is 4.31. The van der Waals surface area contributed by atoms with Crippen LogP contribution in [0.15, 0.2) is 22.7 Å². The van der Waals surface area contributed by atoms with Crippen molar-refractivity contribution in [3.63, 3.8) is 0 Å². The zero-order chi connectivity index (χ0) is 10.8. The molecular formula is C10H7BrO4. The van der Waals surface area contributed by atoms with E-state index in [9.17, 15) is 9.59 Å². The largest absolute Gasteiger partial charge is 0.458 e. The van der Waals surface area contributed by atoms with Crippen molar-refractivity contribution in [1.29, 1.82) is 0 Å². The molecule has 4 nitrogen and oxygen atoms in total. The lowest BCUT2D eigenvalue weighted by molar-refractivity contribution is 0.0277. The fourth-order valence-corrected chi connectivity index (χ4v) is 1.75. The lowest BCUT2D eigenvalue weighted by atomic mass is 10.1. The minimum atomic E-state index is -0.448. The molecule has 0 aromatic heterocycles. The van der Waals surface area contributed by atoms with Crippen molar-refractivity contribution in [2.75, 3.05) is 13.2 Å². The summed E-state index contributed by atoms with van der Waals surface area (Å²) in [7, 11) is 0. The maximum atomic E-state index is 11.4. The van der Waals surface area contributed by atoms with Gasteiger partial charge in [0.15, 0.2) is 0 Å². The van der Waals surface area contributed by atoms with Crippen molar-refractivity contribution in [3.05, 3.63) is 33.8 Å². The van der Waals surface area contributed by atoms with Gasteiger partial charge in [0.25, 0.3) is 0 Å². The van der Waals surface area contributed by atoms with Gasteiger partial charge in [-0.2, -0.15) is 0 Å². The molecule has 0 N–H and O–H groups in total. The highest BCUT2D eigenvalue weighted by Crippen LogP contribution is 2.18. The molecule has 1 aromatic rings. The van der Waals surface area contributed by atoms with Crippen molar-refractivity contribution in [3.8, 4) is 0 Å². The van der Waals surface area contributed by atoms with Crippen molar-refractivity contribution < 1.29 is 19.1 Å². The molecule has 0 atom stereocenters. The first-order valence-corrected chi connectivity index (χ1v) is 5.11. The molecule has 0 spiro atoms. The monoisotopic (exact) mass is 270 g/mol. The zero-order valence-corrected chi connectivity index (χ0v) is 9.24. The summed E-state index contributed by atoms with van der Waals surface area (Å²) in [5.41, 5.74) is 0.691. The topological polar surface area (TPSA) is 52.6 Å². The molecule has 0 amide bonds. The van der Waals surface area contributed by atoms with Gasteiger partial charge in [-0.25, -0.2) is 9.59 Å². The van der Waals surface area contributed by atoms with E-state index >= 15 is 0 Å². The minimum Gasteiger partial charge on any atom is -0.458 e. The molecule has 15 heavy (non-hydrogen) atoms. The normalized spacial score (nSPS) is 15.8. The Kier molecular flexibility index (Phi) is 2.73. The molecule has 0 radical (unpaired) electrons. The van der Waals surface area contributed by atoms with Gasteiger partial charge in [0.05, 0.1) is 11.1 Å². The number of ether oxygens (including phenoxy) is 2. The molecule has 78 valence electrons. The highest BCUT2D eigenvalue weighted by Gasteiger charge is 2.16. The molecule has 0 aliphatic carbocycles. The van der Waals surface area contributed by atoms with Gasteiger partial charge >= 0.3 is 11.9 Å². The number of benzene rings is 1. The van der Waals surface area contributed by atoms with Crippen molar-refractivity contribution in [2.24, 2.45) is 0 Å². The standard InChI is InChI=1S/C10H7BrO4/c11-8-4-6-3-7(5-8)10(13)15-2-1-14-9(6)12/h3-5H,1-2H2. The van der Waals surface area contributed by atoms with Gasteiger partial charge in [0.1, 0.15) is 13.2 Å². The Hall–Kier alpha value is -1.36. The maximum Gasteiger partial charge on any atom is 0.338 e. The van der Waals surface area contributed by atoms with Crippen LogP contribution in [-0.2, 0) is 9.47 Å². The SMILES string of the molecule is O=C1OCCOC(=O)c2cc(Br)cc1c2. The predicted molar refractivity (Wildman–Crippen MR) is 54.7 cm³/mol. The minimum absolute atomic E-state index is 0.0840. The van der Waals surface area contributed by atoms with E-state index in [1.807, 2.05) is 0 Å². The number of carbonyl (C=O) groups excluding carboxylic acids is 2. The Morgan fingerprint density at radius 1 is 0.933 bits per heavy atom. The molecule has 1 heterocycles. The van der Waals surface area contributed by atoms with Gasteiger partial charge in [-0.15, -0.1) is 0 Å². The molecule has 0 fully saturated rings. The fourth-order valence-electron chi connectivity index (χ4n) is 1.26. The Balaban J connectivity index is 2.50. The highest BCUT2D eigenvalue weighted by atomic mass is 79.9. The second-order valence-corrected chi connectivity index (χ2v) is 3.92. The molecule has 0 unspecified atom stereocenters. The van der Waals surface area contributed by atoms with Crippen molar-refractivity contribution >= 4 is 27.9 Å². The van der Waals surface area contributed by atoms with Gasteiger partial charge in [-0.3, -0.25) is 0 Å². The summed E-state index contributed by atoms with van der Waals surface area (Å²) < 4.78 is 10.4. The van der Waals surface area contributed by atoms with Crippen LogP contribution in [0.1, 0.15) is 20.7 Å². The number of esters is 2. The fraction of sp³-hybridized carbons (Fsp3) is 0.200. The van der Waals surface area contributed by atoms with E-state index in [4.69, 9.17) is 9.47 Å². The number of cyclic esters (lactones) is 2. The van der Waals surface area contributed by atoms with Crippen molar-refractivity contribution in [2.45, 2.75) is 0 Å². The number of hydrogen-bond acceptors (Lipinski definition) is 4. The molecule has 1 aliphatic heterocycles. The molecular weight excluding hydrogens is 264 g/mol. The quantitative estimate of drug-likeness (QED) is 0.675. The second kappa shape index (κ2) is 4.02. The van der Waals surface area contributed by atoms with Crippen LogP contribution < -0.4 is 0 Å². The lowest BCUT2D eigenvalue weighted by Gasteiger charge is -2.01. The number of halogens is 1. The Morgan fingerprint density at radius 3 is 1.87 bits per heavy atom. The zero-order valence-electron chi connectivity index (χ0n) is 7.66. The average molecular weight is 271 g/mol. The van der Waals surface area contributed by atoms with E-state index in [-0.39, 0.29) is 13.2 Å². The van der Waals surface area contributed by atoms with Crippen LogP contribution in [-0.4, -0.2) is 25.2 Å². The third-order valence-corrected chi connectivity index (χ3v) is 2.38. The molecule has 5 heteroatoms. The van der Waals surface area contributed by atoms with E-state index in [1.165, 1.54) is 6.07 Å². The van der Waals surface area contributed by atoms with Crippen LogP contribution in [0.25, 0.3) is 0 Å². The predicted octanol–water partition coefficient (Wildman–Crippen LogP) is 1.78. The van der Waals surface area contributed by atoms with Crippen LogP contribution in [0.5, 0.6) is 0 Å². The third kappa shape index (κ3) is 2.18. The van der Waals surface area contributed by atoms with Crippen LogP contribution in [0.2, 0.25) is 0 Å². The molecule has 0 saturated carbocycles. The van der Waals surface area contributed by atoms with Crippen LogP contribution in [0, 0.1) is 0 Å². The van der Waals surface area contributed by atoms with E-state index < -0.39 is 11.9 Å². The Morgan fingerprint density at radius 2 is 1.40 bits per heavy atom. The van der Waals surface area contributed by atoms with Gasteiger partial charge in [-0.1, -0.05) is 15.9 Å². The van der Waals surface area contributed by atoms with Crippen LogP contribution in [0.3, 0.4) is 0 Å².